The van der Waals surface area contributed by atoms with Crippen molar-refractivity contribution in [2.45, 2.75) is 44.3 Å². The number of benzene rings is 2. The number of aliphatic hydroxyl groups is 2. The minimum atomic E-state index is -1.07. The molecule has 38 heavy (non-hydrogen) atoms. The first-order valence-electron chi connectivity index (χ1n) is 11.7. The van der Waals surface area contributed by atoms with E-state index < -0.39 is 40.3 Å². The van der Waals surface area contributed by atoms with E-state index in [9.17, 15) is 40.0 Å². The molecule has 3 rings (SSSR count). The highest BCUT2D eigenvalue weighted by atomic mass is 16.6. The highest BCUT2D eigenvalue weighted by Gasteiger charge is 2.39. The van der Waals surface area contributed by atoms with Crippen molar-refractivity contribution in [1.82, 2.24) is 9.80 Å². The highest BCUT2D eigenvalue weighted by molar-refractivity contribution is 5.69. The Balaban J connectivity index is 1.46. The van der Waals surface area contributed by atoms with Crippen LogP contribution in [0.3, 0.4) is 0 Å². The number of non-ortho nitro benzene ring substituents is 2. The van der Waals surface area contributed by atoms with Gasteiger partial charge in [-0.05, 0) is 48.2 Å². The fourth-order valence-electron chi connectivity index (χ4n) is 3.94. The first-order valence-corrected chi connectivity index (χ1v) is 11.7. The molecule has 0 bridgehead atoms. The van der Waals surface area contributed by atoms with Gasteiger partial charge in [0.1, 0.15) is 13.2 Å². The predicted molar refractivity (Wildman–Crippen MR) is 131 cm³/mol. The van der Waals surface area contributed by atoms with Crippen LogP contribution in [0.25, 0.3) is 0 Å². The molecule has 204 valence electrons. The second kappa shape index (κ2) is 12.8. The maximum absolute atomic E-state index is 12.6. The number of rotatable bonds is 10. The Morgan fingerprint density at radius 1 is 1.00 bits per heavy atom. The van der Waals surface area contributed by atoms with Crippen molar-refractivity contribution in [3.8, 4) is 0 Å². The van der Waals surface area contributed by atoms with Gasteiger partial charge in [0.15, 0.2) is 0 Å². The van der Waals surface area contributed by atoms with Crippen molar-refractivity contribution in [3.05, 3.63) is 79.9 Å². The SMILES string of the molecule is CN(CCC(O)[C@@H]1C[C@@H](O)CN1C(=O)OCc1ccc([N+](=O)[O-])cc1)C(=O)OCc1ccc([N+](=O)[O-])cc1. The maximum atomic E-state index is 12.6. The summed E-state index contributed by atoms with van der Waals surface area (Å²) in [6, 6.07) is 10.4. The van der Waals surface area contributed by atoms with Crippen molar-refractivity contribution < 1.29 is 39.1 Å². The van der Waals surface area contributed by atoms with E-state index in [0.29, 0.717) is 11.1 Å². The molecule has 14 heteroatoms. The second-order valence-electron chi connectivity index (χ2n) is 8.84. The average molecular weight is 533 g/mol. The lowest BCUT2D eigenvalue weighted by atomic mass is 10.0. The molecule has 2 amide bonds. The molecule has 1 aliphatic rings. The number of hydrogen-bond acceptors (Lipinski definition) is 10. The van der Waals surface area contributed by atoms with Crippen LogP contribution in [0.1, 0.15) is 24.0 Å². The largest absolute Gasteiger partial charge is 0.445 e. The minimum absolute atomic E-state index is 0.0338. The van der Waals surface area contributed by atoms with Crippen LogP contribution in [0.2, 0.25) is 0 Å². The molecule has 2 aromatic rings. The summed E-state index contributed by atoms with van der Waals surface area (Å²) in [5.41, 5.74) is 0.938. The van der Waals surface area contributed by atoms with E-state index in [1.165, 1.54) is 65.4 Å². The number of hydrogen-bond donors (Lipinski definition) is 2. The Labute approximate surface area is 217 Å². The van der Waals surface area contributed by atoms with E-state index in [0.717, 1.165) is 0 Å². The molecule has 2 N–H and O–H groups in total. The molecule has 0 aromatic heterocycles. The molecule has 1 fully saturated rings. The predicted octanol–water partition coefficient (Wildman–Crippen LogP) is 2.59. The van der Waals surface area contributed by atoms with Gasteiger partial charge in [-0.2, -0.15) is 0 Å². The van der Waals surface area contributed by atoms with Gasteiger partial charge in [0, 0.05) is 37.9 Å². The lowest BCUT2D eigenvalue weighted by Crippen LogP contribution is -2.44. The Bertz CT molecular complexity index is 1140. The quantitative estimate of drug-likeness (QED) is 0.340. The molecule has 2 aromatic carbocycles. The highest BCUT2D eigenvalue weighted by Crippen LogP contribution is 2.24. The molecule has 0 saturated carbocycles. The number of amides is 2. The van der Waals surface area contributed by atoms with Crippen molar-refractivity contribution in [1.29, 1.82) is 0 Å². The smallest absolute Gasteiger partial charge is 0.410 e. The summed E-state index contributed by atoms with van der Waals surface area (Å²) in [7, 11) is 1.48. The molecule has 1 unspecified atom stereocenters. The summed E-state index contributed by atoms with van der Waals surface area (Å²) in [4.78, 5) is 47.8. The number of ether oxygens (including phenoxy) is 2. The topological polar surface area (TPSA) is 186 Å². The van der Waals surface area contributed by atoms with E-state index in [-0.39, 0.29) is 50.5 Å². The third-order valence-electron chi connectivity index (χ3n) is 6.09. The first kappa shape index (κ1) is 28.3. The van der Waals surface area contributed by atoms with Gasteiger partial charge in [0.25, 0.3) is 11.4 Å². The van der Waals surface area contributed by atoms with Gasteiger partial charge in [0.2, 0.25) is 0 Å². The van der Waals surface area contributed by atoms with E-state index in [1.807, 2.05) is 0 Å². The average Bonchev–Trinajstić information content (AvgIpc) is 3.31. The molecular weight excluding hydrogens is 504 g/mol. The van der Waals surface area contributed by atoms with Crippen molar-refractivity contribution >= 4 is 23.6 Å². The molecule has 1 heterocycles. The molecular formula is C24H28N4O10. The van der Waals surface area contributed by atoms with Crippen LogP contribution in [-0.2, 0) is 22.7 Å². The van der Waals surface area contributed by atoms with Gasteiger partial charge in [-0.25, -0.2) is 9.59 Å². The zero-order chi connectivity index (χ0) is 27.8. The second-order valence-corrected chi connectivity index (χ2v) is 8.84. The summed E-state index contributed by atoms with van der Waals surface area (Å²) < 4.78 is 10.5. The van der Waals surface area contributed by atoms with Crippen molar-refractivity contribution in [2.24, 2.45) is 0 Å². The fourth-order valence-corrected chi connectivity index (χ4v) is 3.94. The van der Waals surface area contributed by atoms with Crippen LogP contribution < -0.4 is 0 Å². The number of nitrogens with zero attached hydrogens (tertiary/aromatic N) is 4. The van der Waals surface area contributed by atoms with Gasteiger partial charge in [-0.15, -0.1) is 0 Å². The van der Waals surface area contributed by atoms with Crippen molar-refractivity contribution in [2.75, 3.05) is 20.1 Å². The normalized spacial score (nSPS) is 17.5. The molecule has 1 aliphatic heterocycles. The number of nitro benzene ring substituents is 2. The van der Waals surface area contributed by atoms with E-state index in [4.69, 9.17) is 9.47 Å². The molecule has 0 spiro atoms. The summed E-state index contributed by atoms with van der Waals surface area (Å²) in [6.07, 6.45) is -3.12. The Hall–Kier alpha value is -4.30. The van der Waals surface area contributed by atoms with Gasteiger partial charge in [-0.1, -0.05) is 0 Å². The Kier molecular flexibility index (Phi) is 9.51. The number of β-amino-alcohol motifs (C(OH)–C–C–N with tert-alkyl or cyclic N) is 1. The zero-order valence-corrected chi connectivity index (χ0v) is 20.5. The molecule has 0 radical (unpaired) electrons. The standard InChI is InChI=1S/C24H28N4O10/c1-25(23(31)37-14-16-2-6-18(7-3-16)27(33)34)11-10-22(30)21-12-20(29)13-26(21)24(32)38-15-17-4-8-19(9-5-17)28(35)36/h2-9,20-22,29-30H,10-15H2,1H3/t20-,21+,22?/m1/s1. The maximum Gasteiger partial charge on any atom is 0.410 e. The van der Waals surface area contributed by atoms with Gasteiger partial charge in [0.05, 0.1) is 34.6 Å². The monoisotopic (exact) mass is 532 g/mol. The number of nitro groups is 2. The minimum Gasteiger partial charge on any atom is -0.445 e. The number of carbonyl (C=O) groups is 2. The zero-order valence-electron chi connectivity index (χ0n) is 20.5. The van der Waals surface area contributed by atoms with Crippen LogP contribution in [0, 0.1) is 20.2 Å². The molecule has 0 aliphatic carbocycles. The van der Waals surface area contributed by atoms with Crippen LogP contribution in [-0.4, -0.2) is 80.4 Å². The molecule has 1 saturated heterocycles. The number of carbonyl (C=O) groups excluding carboxylic acids is 2. The summed E-state index contributed by atoms with van der Waals surface area (Å²) in [5.74, 6) is 0. The summed E-state index contributed by atoms with van der Waals surface area (Å²) >= 11 is 0. The molecule has 3 atom stereocenters. The summed E-state index contributed by atoms with van der Waals surface area (Å²) in [6.45, 7) is -0.172. The van der Waals surface area contributed by atoms with Crippen LogP contribution in [0.4, 0.5) is 21.0 Å². The van der Waals surface area contributed by atoms with Crippen molar-refractivity contribution in [3.63, 3.8) is 0 Å². The lowest BCUT2D eigenvalue weighted by molar-refractivity contribution is -0.385. The number of likely N-dealkylation sites (tertiary alicyclic amines) is 1. The van der Waals surface area contributed by atoms with Gasteiger partial charge < -0.3 is 24.6 Å². The third-order valence-corrected chi connectivity index (χ3v) is 6.09. The van der Waals surface area contributed by atoms with Crippen LogP contribution in [0.15, 0.2) is 48.5 Å². The lowest BCUT2D eigenvalue weighted by Gasteiger charge is -2.28. The Morgan fingerprint density at radius 2 is 1.50 bits per heavy atom. The van der Waals surface area contributed by atoms with E-state index >= 15 is 0 Å². The number of aliphatic hydroxyl groups excluding tert-OH is 2. The fraction of sp³-hybridized carbons (Fsp3) is 0.417. The van der Waals surface area contributed by atoms with E-state index in [2.05, 4.69) is 0 Å². The Morgan fingerprint density at radius 3 is 2.00 bits per heavy atom. The van der Waals surface area contributed by atoms with Gasteiger partial charge in [-0.3, -0.25) is 25.1 Å². The third kappa shape index (κ3) is 7.60. The molecule has 14 nitrogen and oxygen atoms in total. The van der Waals surface area contributed by atoms with E-state index in [1.54, 1.807) is 0 Å². The first-order chi connectivity index (χ1) is 18.0. The summed E-state index contributed by atoms with van der Waals surface area (Å²) in [5, 5.41) is 42.3. The van der Waals surface area contributed by atoms with Crippen LogP contribution in [0.5, 0.6) is 0 Å². The van der Waals surface area contributed by atoms with Gasteiger partial charge >= 0.3 is 12.2 Å². The van der Waals surface area contributed by atoms with Crippen LogP contribution >= 0.6 is 0 Å².